The van der Waals surface area contributed by atoms with Gasteiger partial charge < -0.3 is 9.84 Å². The van der Waals surface area contributed by atoms with Gasteiger partial charge in [-0.1, -0.05) is 45.0 Å². The van der Waals surface area contributed by atoms with Gasteiger partial charge in [-0.25, -0.2) is 4.79 Å². The summed E-state index contributed by atoms with van der Waals surface area (Å²) in [5, 5.41) is 8.72. The monoisotopic (exact) mass is 277 g/mol. The Morgan fingerprint density at radius 3 is 2.45 bits per heavy atom. The van der Waals surface area contributed by atoms with Crippen LogP contribution in [0.25, 0.3) is 0 Å². The van der Waals surface area contributed by atoms with E-state index in [1.807, 2.05) is 24.3 Å². The lowest BCUT2D eigenvalue weighted by Crippen LogP contribution is -2.30. The lowest BCUT2D eigenvalue weighted by molar-refractivity contribution is -0.137. The normalized spacial score (nSPS) is 19.1. The molecule has 20 heavy (non-hydrogen) atoms. The molecule has 1 aromatic rings. The van der Waals surface area contributed by atoms with Gasteiger partial charge in [-0.15, -0.1) is 0 Å². The van der Waals surface area contributed by atoms with E-state index in [0.717, 1.165) is 5.56 Å². The predicted octanol–water partition coefficient (Wildman–Crippen LogP) is 2.56. The smallest absolute Gasteiger partial charge is 0.411 e. The van der Waals surface area contributed by atoms with Gasteiger partial charge in [-0.3, -0.25) is 9.69 Å². The van der Waals surface area contributed by atoms with Crippen LogP contribution in [0.5, 0.6) is 0 Å². The summed E-state index contributed by atoms with van der Waals surface area (Å²) in [6, 6.07) is 7.90. The van der Waals surface area contributed by atoms with Crippen LogP contribution in [0.3, 0.4) is 0 Å². The first-order valence-electron chi connectivity index (χ1n) is 6.55. The standard InChI is InChI=1S/C15H19NO4/c1-15(2,3)11-6-4-10(5-7-11)12-8-16(9-13(17)18)14(19)20-12/h4-7,12H,8-9H2,1-3H3,(H,17,18). The number of carbonyl (C=O) groups is 2. The van der Waals surface area contributed by atoms with Crippen LogP contribution in [0.4, 0.5) is 4.79 Å². The molecule has 0 radical (unpaired) electrons. The number of nitrogens with zero attached hydrogens (tertiary/aromatic N) is 1. The molecule has 1 aliphatic rings. The van der Waals surface area contributed by atoms with E-state index >= 15 is 0 Å². The van der Waals surface area contributed by atoms with Crippen molar-refractivity contribution in [2.45, 2.75) is 32.3 Å². The van der Waals surface area contributed by atoms with Gasteiger partial charge in [0.2, 0.25) is 0 Å². The summed E-state index contributed by atoms with van der Waals surface area (Å²) in [5.41, 5.74) is 2.16. The van der Waals surface area contributed by atoms with Gasteiger partial charge >= 0.3 is 12.1 Å². The Hall–Kier alpha value is -2.04. The van der Waals surface area contributed by atoms with Gasteiger partial charge in [0.25, 0.3) is 0 Å². The minimum absolute atomic E-state index is 0.0697. The Labute approximate surface area is 118 Å². The quantitative estimate of drug-likeness (QED) is 0.922. The first-order valence-corrected chi connectivity index (χ1v) is 6.55. The molecule has 0 aliphatic carbocycles. The Balaban J connectivity index is 2.10. The molecule has 1 fully saturated rings. The van der Waals surface area contributed by atoms with Gasteiger partial charge in [-0.2, -0.15) is 0 Å². The fraction of sp³-hybridized carbons (Fsp3) is 0.467. The van der Waals surface area contributed by atoms with Gasteiger partial charge in [0, 0.05) is 0 Å². The van der Waals surface area contributed by atoms with Crippen LogP contribution in [0.1, 0.15) is 38.0 Å². The van der Waals surface area contributed by atoms with Crippen molar-refractivity contribution in [3.63, 3.8) is 0 Å². The zero-order valence-electron chi connectivity index (χ0n) is 11.9. The second kappa shape index (κ2) is 5.15. The SMILES string of the molecule is CC(C)(C)c1ccc(C2CN(CC(=O)O)C(=O)O2)cc1. The zero-order chi connectivity index (χ0) is 14.9. The lowest BCUT2D eigenvalue weighted by Gasteiger charge is -2.19. The highest BCUT2D eigenvalue weighted by atomic mass is 16.6. The first-order chi connectivity index (χ1) is 9.27. The summed E-state index contributed by atoms with van der Waals surface area (Å²) in [4.78, 5) is 23.4. The van der Waals surface area contributed by atoms with E-state index in [4.69, 9.17) is 9.84 Å². The van der Waals surface area contributed by atoms with Crippen molar-refractivity contribution >= 4 is 12.1 Å². The number of benzene rings is 1. The number of aliphatic carboxylic acids is 1. The number of carboxylic acid groups (broad SMARTS) is 1. The topological polar surface area (TPSA) is 66.8 Å². The van der Waals surface area contributed by atoms with E-state index in [2.05, 4.69) is 20.8 Å². The van der Waals surface area contributed by atoms with Crippen molar-refractivity contribution in [2.24, 2.45) is 0 Å². The fourth-order valence-electron chi connectivity index (χ4n) is 2.17. The van der Waals surface area contributed by atoms with Crippen molar-refractivity contribution < 1.29 is 19.4 Å². The molecule has 0 saturated carbocycles. The molecule has 5 nitrogen and oxygen atoms in total. The van der Waals surface area contributed by atoms with E-state index in [1.54, 1.807) is 0 Å². The molecule has 0 aromatic heterocycles. The molecule has 1 heterocycles. The van der Waals surface area contributed by atoms with E-state index < -0.39 is 18.2 Å². The minimum Gasteiger partial charge on any atom is -0.480 e. The number of carboxylic acids is 1. The summed E-state index contributed by atoms with van der Waals surface area (Å²) in [5.74, 6) is -1.04. The minimum atomic E-state index is -1.04. The van der Waals surface area contributed by atoms with Crippen LogP contribution in [0.2, 0.25) is 0 Å². The van der Waals surface area contributed by atoms with Crippen molar-refractivity contribution in [1.82, 2.24) is 4.90 Å². The molecule has 1 unspecified atom stereocenters. The number of cyclic esters (lactones) is 1. The van der Waals surface area contributed by atoms with Gasteiger partial charge in [0.1, 0.15) is 12.6 Å². The highest BCUT2D eigenvalue weighted by molar-refractivity contribution is 5.78. The molecule has 1 amide bonds. The second-order valence-corrected chi connectivity index (χ2v) is 6.02. The van der Waals surface area contributed by atoms with E-state index in [1.165, 1.54) is 10.5 Å². The molecule has 0 spiro atoms. The molecule has 5 heteroatoms. The molecule has 1 atom stereocenters. The van der Waals surface area contributed by atoms with E-state index in [9.17, 15) is 9.59 Å². The molecule has 1 aliphatic heterocycles. The largest absolute Gasteiger partial charge is 0.480 e. The molecular weight excluding hydrogens is 258 g/mol. The maximum Gasteiger partial charge on any atom is 0.411 e. The Bertz CT molecular complexity index is 516. The summed E-state index contributed by atoms with van der Waals surface area (Å²) in [6.07, 6.45) is -0.965. The zero-order valence-corrected chi connectivity index (χ0v) is 11.9. The number of hydrogen-bond acceptors (Lipinski definition) is 3. The van der Waals surface area contributed by atoms with Gasteiger partial charge in [0.05, 0.1) is 6.54 Å². The molecule has 108 valence electrons. The Kier molecular flexibility index (Phi) is 3.70. The Morgan fingerprint density at radius 2 is 1.95 bits per heavy atom. The molecular formula is C15H19NO4. The van der Waals surface area contributed by atoms with Crippen molar-refractivity contribution in [3.05, 3.63) is 35.4 Å². The third-order valence-corrected chi connectivity index (χ3v) is 3.36. The average molecular weight is 277 g/mol. The third-order valence-electron chi connectivity index (χ3n) is 3.36. The van der Waals surface area contributed by atoms with Crippen LogP contribution in [0, 0.1) is 0 Å². The summed E-state index contributed by atoms with van der Waals surface area (Å²) < 4.78 is 5.21. The highest BCUT2D eigenvalue weighted by Crippen LogP contribution is 2.28. The average Bonchev–Trinajstić information content (AvgIpc) is 2.69. The fourth-order valence-corrected chi connectivity index (χ4v) is 2.17. The number of amides is 1. The van der Waals surface area contributed by atoms with Crippen molar-refractivity contribution in [3.8, 4) is 0 Å². The third kappa shape index (κ3) is 3.10. The molecule has 2 rings (SSSR count). The number of rotatable bonds is 3. The molecule has 1 saturated heterocycles. The van der Waals surface area contributed by atoms with Gasteiger partial charge in [-0.05, 0) is 16.5 Å². The maximum absolute atomic E-state index is 11.6. The predicted molar refractivity (Wildman–Crippen MR) is 73.6 cm³/mol. The number of carbonyl (C=O) groups excluding carboxylic acids is 1. The second-order valence-electron chi connectivity index (χ2n) is 6.02. The van der Waals surface area contributed by atoms with Gasteiger partial charge in [0.15, 0.2) is 0 Å². The molecule has 1 aromatic carbocycles. The van der Waals surface area contributed by atoms with Crippen LogP contribution in [0.15, 0.2) is 24.3 Å². The summed E-state index contributed by atoms with van der Waals surface area (Å²) in [6.45, 7) is 6.35. The summed E-state index contributed by atoms with van der Waals surface area (Å²) >= 11 is 0. The highest BCUT2D eigenvalue weighted by Gasteiger charge is 2.33. The number of hydrogen-bond donors (Lipinski definition) is 1. The van der Waals surface area contributed by atoms with E-state index in [0.29, 0.717) is 0 Å². The van der Waals surface area contributed by atoms with Crippen LogP contribution >= 0.6 is 0 Å². The first kappa shape index (κ1) is 14.4. The molecule has 1 N–H and O–H groups in total. The van der Waals surface area contributed by atoms with Crippen molar-refractivity contribution in [1.29, 1.82) is 0 Å². The van der Waals surface area contributed by atoms with Crippen LogP contribution in [-0.2, 0) is 14.9 Å². The maximum atomic E-state index is 11.6. The van der Waals surface area contributed by atoms with E-state index in [-0.39, 0.29) is 18.5 Å². The lowest BCUT2D eigenvalue weighted by atomic mass is 9.86. The van der Waals surface area contributed by atoms with Crippen LogP contribution in [-0.4, -0.2) is 35.2 Å². The van der Waals surface area contributed by atoms with Crippen LogP contribution < -0.4 is 0 Å². The Morgan fingerprint density at radius 1 is 1.35 bits per heavy atom. The summed E-state index contributed by atoms with van der Waals surface area (Å²) in [7, 11) is 0. The number of ether oxygens (including phenoxy) is 1. The van der Waals surface area contributed by atoms with Crippen molar-refractivity contribution in [2.75, 3.05) is 13.1 Å². The molecule has 0 bridgehead atoms.